The monoisotopic (exact) mass is 615 g/mol. The van der Waals surface area contributed by atoms with E-state index in [0.717, 1.165) is 0 Å². The van der Waals surface area contributed by atoms with Gasteiger partial charge in [-0.3, -0.25) is 9.59 Å². The van der Waals surface area contributed by atoms with Crippen LogP contribution in [0.2, 0.25) is 0 Å². The van der Waals surface area contributed by atoms with E-state index in [1.54, 1.807) is 39.8 Å². The third-order valence-corrected chi connectivity index (χ3v) is 8.08. The Morgan fingerprint density at radius 2 is 1.42 bits per heavy atom. The number of amides is 2. The number of hydrogen-bond acceptors (Lipinski definition) is 11. The minimum absolute atomic E-state index is 0.0849. The molecule has 2 atom stereocenters. The van der Waals surface area contributed by atoms with E-state index >= 15 is 0 Å². The molecule has 0 bridgehead atoms. The number of likely N-dealkylation sites (tertiary alicyclic amines) is 1. The molecule has 12 nitrogen and oxygen atoms in total. The van der Waals surface area contributed by atoms with E-state index in [2.05, 4.69) is 0 Å². The minimum Gasteiger partial charge on any atom is -0.615 e. The summed E-state index contributed by atoms with van der Waals surface area (Å²) in [6, 6.07) is 12.9. The molecule has 1 fully saturated rings. The summed E-state index contributed by atoms with van der Waals surface area (Å²) >= 11 is 0. The van der Waals surface area contributed by atoms with Crippen molar-refractivity contribution in [2.75, 3.05) is 0 Å². The number of ether oxygens (including phenoxy) is 4. The number of nitrogens with zero attached hydrogens (tertiary/aromatic N) is 1. The Labute approximate surface area is 257 Å². The molecule has 2 unspecified atom stereocenters. The first kappa shape index (κ1) is 30.1. The number of aliphatic hydroxyl groups excluding tert-OH is 1. The Balaban J connectivity index is 1.54. The van der Waals surface area contributed by atoms with Crippen LogP contribution in [0.25, 0.3) is 0 Å². The molecule has 3 heterocycles. The highest BCUT2D eigenvalue weighted by Crippen LogP contribution is 2.57. The number of carbonyl (C=O) groups excluding carboxylic acids is 5. The van der Waals surface area contributed by atoms with Crippen LogP contribution in [0.1, 0.15) is 77.9 Å². The lowest BCUT2D eigenvalue weighted by atomic mass is 9.77. The van der Waals surface area contributed by atoms with Gasteiger partial charge in [0, 0.05) is 35.2 Å². The Kier molecular flexibility index (Phi) is 7.11. The Morgan fingerprint density at radius 3 is 1.91 bits per heavy atom. The molecule has 3 aromatic carbocycles. The van der Waals surface area contributed by atoms with Crippen molar-refractivity contribution in [1.29, 1.82) is 0 Å². The second-order valence-corrected chi connectivity index (χ2v) is 11.8. The molecule has 3 aliphatic rings. The standard InChI is InChI=1S/C33H29NO11/c1-16(2)30(38)42-19-6-9-22-25(14-19)44-26-15-20(43-31(39)17(3)4)7-10-23(26)33(22)24-13-18(5-8-21(24)32(40)45-33)29(37)34(41)27(35)11-12-28(34)36/h5-10,13-17,27,35H,11-12H2,1-4H3. The van der Waals surface area contributed by atoms with Crippen LogP contribution >= 0.6 is 0 Å². The lowest BCUT2D eigenvalue weighted by Crippen LogP contribution is -2.54. The molecular formula is C33H29NO11. The van der Waals surface area contributed by atoms with Crippen LogP contribution in [0.3, 0.4) is 0 Å². The molecule has 232 valence electrons. The van der Waals surface area contributed by atoms with E-state index in [4.69, 9.17) is 18.9 Å². The van der Waals surface area contributed by atoms with Crippen molar-refractivity contribution < 1.29 is 52.7 Å². The number of aliphatic hydroxyl groups is 1. The number of fused-ring (bicyclic) bond motifs is 6. The molecule has 2 amide bonds. The molecule has 3 aliphatic heterocycles. The van der Waals surface area contributed by atoms with Gasteiger partial charge in [-0.2, -0.15) is 0 Å². The Bertz CT molecular complexity index is 1740. The summed E-state index contributed by atoms with van der Waals surface area (Å²) in [6.45, 7) is 6.72. The minimum atomic E-state index is -2.06. The van der Waals surface area contributed by atoms with Gasteiger partial charge in [-0.25, -0.2) is 19.0 Å². The molecule has 0 aliphatic carbocycles. The zero-order valence-electron chi connectivity index (χ0n) is 24.8. The number of esters is 3. The van der Waals surface area contributed by atoms with Gasteiger partial charge in [-0.1, -0.05) is 27.7 Å². The van der Waals surface area contributed by atoms with Gasteiger partial charge in [-0.15, -0.1) is 0 Å². The van der Waals surface area contributed by atoms with Gasteiger partial charge in [-0.05, 0) is 42.5 Å². The fourth-order valence-corrected chi connectivity index (χ4v) is 5.62. The smallest absolute Gasteiger partial charge is 0.355 e. The number of carbonyl (C=O) groups is 5. The van der Waals surface area contributed by atoms with E-state index in [1.807, 2.05) is 0 Å². The maximum Gasteiger partial charge on any atom is 0.355 e. The van der Waals surface area contributed by atoms with Crippen molar-refractivity contribution in [3.05, 3.63) is 87.6 Å². The topological polar surface area (TPSA) is 166 Å². The second-order valence-electron chi connectivity index (χ2n) is 11.8. The highest BCUT2D eigenvalue weighted by atomic mass is 16.6. The second kappa shape index (κ2) is 10.6. The van der Waals surface area contributed by atoms with E-state index in [0.29, 0.717) is 11.1 Å². The summed E-state index contributed by atoms with van der Waals surface area (Å²) in [5.74, 6) is -4.12. The van der Waals surface area contributed by atoms with E-state index < -0.39 is 58.0 Å². The number of rotatable bonds is 5. The van der Waals surface area contributed by atoms with Crippen LogP contribution < -0.4 is 14.2 Å². The first-order chi connectivity index (χ1) is 21.3. The zero-order valence-corrected chi connectivity index (χ0v) is 24.8. The van der Waals surface area contributed by atoms with Crippen LogP contribution in [-0.4, -0.2) is 45.7 Å². The fraction of sp³-hybridized carbons (Fsp3) is 0.303. The van der Waals surface area contributed by atoms with Crippen LogP contribution in [0.15, 0.2) is 54.6 Å². The zero-order chi connectivity index (χ0) is 32.4. The SMILES string of the molecule is CC(C)C(=O)Oc1ccc2c(c1)Oc1cc(OC(=O)C(C)C)ccc1C21OC(=O)c2ccc(C(=O)[N+]3([O-])C(=O)CCC3O)cc21. The predicted molar refractivity (Wildman–Crippen MR) is 154 cm³/mol. The maximum atomic E-state index is 13.5. The van der Waals surface area contributed by atoms with Crippen molar-refractivity contribution in [2.45, 2.75) is 52.4 Å². The number of benzene rings is 3. The third-order valence-electron chi connectivity index (χ3n) is 8.08. The third kappa shape index (κ3) is 4.60. The van der Waals surface area contributed by atoms with Gasteiger partial charge in [0.1, 0.15) is 23.0 Å². The summed E-state index contributed by atoms with van der Waals surface area (Å²) in [5.41, 5.74) is -1.06. The first-order valence-corrected chi connectivity index (χ1v) is 14.4. The predicted octanol–water partition coefficient (Wildman–Crippen LogP) is 4.47. The average Bonchev–Trinajstić information content (AvgIpc) is 3.44. The summed E-state index contributed by atoms with van der Waals surface area (Å²) in [5, 5.41) is 23.6. The number of imide groups is 1. The molecule has 1 N–H and O–H groups in total. The molecule has 45 heavy (non-hydrogen) atoms. The molecule has 12 heteroatoms. The molecule has 0 aromatic heterocycles. The van der Waals surface area contributed by atoms with E-state index in [-0.39, 0.29) is 52.5 Å². The normalized spacial score (nSPS) is 20.8. The molecule has 0 radical (unpaired) electrons. The van der Waals surface area contributed by atoms with E-state index in [9.17, 15) is 34.3 Å². The van der Waals surface area contributed by atoms with Crippen LogP contribution in [0.5, 0.6) is 23.0 Å². The Morgan fingerprint density at radius 1 is 0.867 bits per heavy atom. The quantitative estimate of drug-likeness (QED) is 0.141. The number of hydrogen-bond donors (Lipinski definition) is 1. The van der Waals surface area contributed by atoms with E-state index in [1.165, 1.54) is 42.5 Å². The fourth-order valence-electron chi connectivity index (χ4n) is 5.62. The van der Waals surface area contributed by atoms with Gasteiger partial charge in [0.25, 0.3) is 0 Å². The van der Waals surface area contributed by atoms with Crippen molar-refractivity contribution in [3.63, 3.8) is 0 Å². The van der Waals surface area contributed by atoms with Crippen molar-refractivity contribution in [2.24, 2.45) is 11.8 Å². The molecule has 1 saturated heterocycles. The largest absolute Gasteiger partial charge is 0.615 e. The first-order valence-electron chi connectivity index (χ1n) is 14.4. The summed E-state index contributed by atoms with van der Waals surface area (Å²) < 4.78 is 21.2. The summed E-state index contributed by atoms with van der Waals surface area (Å²) in [4.78, 5) is 64.0. The average molecular weight is 616 g/mol. The number of hydroxylamine groups is 3. The molecular weight excluding hydrogens is 586 g/mol. The van der Waals surface area contributed by atoms with Crippen molar-refractivity contribution >= 4 is 29.7 Å². The summed E-state index contributed by atoms with van der Waals surface area (Å²) in [7, 11) is 0. The van der Waals surface area contributed by atoms with Crippen molar-refractivity contribution in [1.82, 2.24) is 0 Å². The maximum absolute atomic E-state index is 13.5. The molecule has 3 aromatic rings. The lowest BCUT2D eigenvalue weighted by Gasteiger charge is -2.37. The Hall–Kier alpha value is -4.91. The van der Waals surface area contributed by atoms with Crippen molar-refractivity contribution in [3.8, 4) is 23.0 Å². The van der Waals surface area contributed by atoms with Gasteiger partial charge in [0.05, 0.1) is 29.4 Å². The van der Waals surface area contributed by atoms with Gasteiger partial charge >= 0.3 is 29.7 Å². The van der Waals surface area contributed by atoms with Crippen LogP contribution in [0.4, 0.5) is 0 Å². The molecule has 0 saturated carbocycles. The van der Waals surface area contributed by atoms with Crippen LogP contribution in [-0.2, 0) is 24.7 Å². The lowest BCUT2D eigenvalue weighted by molar-refractivity contribution is -0.767. The highest BCUT2D eigenvalue weighted by molar-refractivity contribution is 6.01. The highest BCUT2D eigenvalue weighted by Gasteiger charge is 2.55. The molecule has 1 spiro atoms. The summed E-state index contributed by atoms with van der Waals surface area (Å²) in [6.07, 6.45) is -2.16. The molecule has 6 rings (SSSR count). The van der Waals surface area contributed by atoms with Gasteiger partial charge < -0.3 is 29.3 Å². The van der Waals surface area contributed by atoms with Crippen LogP contribution in [0, 0.1) is 17.0 Å². The van der Waals surface area contributed by atoms with Gasteiger partial charge in [0.15, 0.2) is 5.60 Å². The number of quaternary nitrogens is 1. The van der Waals surface area contributed by atoms with Gasteiger partial charge in [0.2, 0.25) is 6.23 Å².